The molecule has 0 bridgehead atoms. The summed E-state index contributed by atoms with van der Waals surface area (Å²) in [4.78, 5) is 9.23. The summed E-state index contributed by atoms with van der Waals surface area (Å²) in [5.41, 5.74) is 3.43. The third-order valence-electron chi connectivity index (χ3n) is 3.60. The lowest BCUT2D eigenvalue weighted by Crippen LogP contribution is -2.25. The average Bonchev–Trinajstić information content (AvgIpc) is 2.86. The van der Waals surface area contributed by atoms with Gasteiger partial charge in [0.2, 0.25) is 0 Å². The minimum atomic E-state index is 0.414. The standard InChI is InChI=1S/C14H19N5/c1-3-15-12-5-4-6-13-11(12)8-16-14(18-13)10-7-17-19(2)9-10/h7-9,12,15H,3-6H2,1-2H3. The van der Waals surface area contributed by atoms with Gasteiger partial charge in [0.1, 0.15) is 0 Å². The molecule has 3 rings (SSSR count). The van der Waals surface area contributed by atoms with Crippen LogP contribution >= 0.6 is 0 Å². The van der Waals surface area contributed by atoms with Crippen LogP contribution in [-0.4, -0.2) is 26.3 Å². The minimum absolute atomic E-state index is 0.414. The van der Waals surface area contributed by atoms with Crippen LogP contribution in [0.25, 0.3) is 11.4 Å². The molecule has 2 aromatic rings. The molecule has 0 spiro atoms. The van der Waals surface area contributed by atoms with Gasteiger partial charge in [0, 0.05) is 36.7 Å². The number of fused-ring (bicyclic) bond motifs is 1. The SMILES string of the molecule is CCNC1CCCc2nc(-c3cnn(C)c3)ncc21. The number of aryl methyl sites for hydroxylation is 2. The zero-order valence-electron chi connectivity index (χ0n) is 11.4. The molecule has 1 unspecified atom stereocenters. The Kier molecular flexibility index (Phi) is 3.29. The molecular weight excluding hydrogens is 238 g/mol. The fourth-order valence-corrected chi connectivity index (χ4v) is 2.68. The maximum absolute atomic E-state index is 4.72. The maximum atomic E-state index is 4.72. The van der Waals surface area contributed by atoms with Gasteiger partial charge >= 0.3 is 0 Å². The van der Waals surface area contributed by atoms with Crippen molar-refractivity contribution in [1.29, 1.82) is 0 Å². The van der Waals surface area contributed by atoms with Gasteiger partial charge in [0.15, 0.2) is 5.82 Å². The summed E-state index contributed by atoms with van der Waals surface area (Å²) in [6.45, 7) is 3.12. The molecule has 1 N–H and O–H groups in total. The van der Waals surface area contributed by atoms with Gasteiger partial charge in [-0.05, 0) is 25.8 Å². The molecule has 0 aliphatic heterocycles. The first-order chi connectivity index (χ1) is 9.28. The molecule has 0 amide bonds. The first kappa shape index (κ1) is 12.3. The van der Waals surface area contributed by atoms with Crippen LogP contribution < -0.4 is 5.32 Å². The molecule has 1 atom stereocenters. The van der Waals surface area contributed by atoms with Crippen LogP contribution in [0.3, 0.4) is 0 Å². The molecule has 2 heterocycles. The number of aromatic nitrogens is 4. The monoisotopic (exact) mass is 257 g/mol. The molecule has 2 aromatic heterocycles. The topological polar surface area (TPSA) is 55.6 Å². The van der Waals surface area contributed by atoms with Crippen LogP contribution in [0.2, 0.25) is 0 Å². The van der Waals surface area contributed by atoms with E-state index < -0.39 is 0 Å². The van der Waals surface area contributed by atoms with E-state index in [9.17, 15) is 0 Å². The van der Waals surface area contributed by atoms with Crippen molar-refractivity contribution in [2.75, 3.05) is 6.54 Å². The van der Waals surface area contributed by atoms with Gasteiger partial charge in [-0.25, -0.2) is 9.97 Å². The summed E-state index contributed by atoms with van der Waals surface area (Å²) in [6.07, 6.45) is 9.16. The van der Waals surface area contributed by atoms with E-state index in [-0.39, 0.29) is 0 Å². The molecule has 100 valence electrons. The van der Waals surface area contributed by atoms with E-state index in [2.05, 4.69) is 22.3 Å². The first-order valence-electron chi connectivity index (χ1n) is 6.86. The molecule has 0 saturated heterocycles. The first-order valence-corrected chi connectivity index (χ1v) is 6.86. The third-order valence-corrected chi connectivity index (χ3v) is 3.60. The zero-order valence-corrected chi connectivity index (χ0v) is 11.4. The van der Waals surface area contributed by atoms with Crippen LogP contribution in [0, 0.1) is 0 Å². The number of hydrogen-bond acceptors (Lipinski definition) is 4. The molecule has 0 radical (unpaired) electrons. The largest absolute Gasteiger partial charge is 0.310 e. The van der Waals surface area contributed by atoms with Crippen molar-refractivity contribution in [2.24, 2.45) is 7.05 Å². The Morgan fingerprint density at radius 3 is 3.05 bits per heavy atom. The Labute approximate surface area is 113 Å². The summed E-state index contributed by atoms with van der Waals surface area (Å²) in [5, 5.41) is 7.68. The molecule has 1 aliphatic carbocycles. The van der Waals surface area contributed by atoms with Crippen LogP contribution in [-0.2, 0) is 13.5 Å². The van der Waals surface area contributed by atoms with Crippen LogP contribution in [0.1, 0.15) is 37.1 Å². The van der Waals surface area contributed by atoms with Crippen molar-refractivity contribution >= 4 is 0 Å². The van der Waals surface area contributed by atoms with E-state index in [1.54, 1.807) is 4.68 Å². The Bertz CT molecular complexity index is 575. The minimum Gasteiger partial charge on any atom is -0.310 e. The predicted molar refractivity (Wildman–Crippen MR) is 73.6 cm³/mol. The Morgan fingerprint density at radius 1 is 1.42 bits per heavy atom. The third kappa shape index (κ3) is 2.38. The summed E-state index contributed by atoms with van der Waals surface area (Å²) in [5.74, 6) is 0.781. The van der Waals surface area contributed by atoms with Gasteiger partial charge < -0.3 is 5.32 Å². The normalized spacial score (nSPS) is 18.3. The van der Waals surface area contributed by atoms with E-state index >= 15 is 0 Å². The Morgan fingerprint density at radius 2 is 2.32 bits per heavy atom. The highest BCUT2D eigenvalue weighted by atomic mass is 15.2. The summed E-state index contributed by atoms with van der Waals surface area (Å²) >= 11 is 0. The summed E-state index contributed by atoms with van der Waals surface area (Å²) in [7, 11) is 1.91. The number of nitrogens with zero attached hydrogens (tertiary/aromatic N) is 4. The van der Waals surface area contributed by atoms with Gasteiger partial charge in [-0.3, -0.25) is 4.68 Å². The second kappa shape index (κ2) is 5.09. The highest BCUT2D eigenvalue weighted by Gasteiger charge is 2.21. The molecular formula is C14H19N5. The fourth-order valence-electron chi connectivity index (χ4n) is 2.68. The molecule has 19 heavy (non-hydrogen) atoms. The lowest BCUT2D eigenvalue weighted by atomic mass is 9.92. The summed E-state index contributed by atoms with van der Waals surface area (Å²) in [6, 6.07) is 0.414. The van der Waals surface area contributed by atoms with Gasteiger partial charge in [-0.1, -0.05) is 6.92 Å². The van der Waals surface area contributed by atoms with E-state index in [4.69, 9.17) is 4.98 Å². The molecule has 5 heteroatoms. The molecule has 5 nitrogen and oxygen atoms in total. The lowest BCUT2D eigenvalue weighted by Gasteiger charge is -2.25. The molecule has 0 aromatic carbocycles. The van der Waals surface area contributed by atoms with Crippen molar-refractivity contribution in [3.8, 4) is 11.4 Å². The average molecular weight is 257 g/mol. The second-order valence-corrected chi connectivity index (χ2v) is 5.00. The smallest absolute Gasteiger partial charge is 0.162 e. The Hall–Kier alpha value is -1.75. The maximum Gasteiger partial charge on any atom is 0.162 e. The van der Waals surface area contributed by atoms with Crippen molar-refractivity contribution in [3.05, 3.63) is 29.8 Å². The zero-order chi connectivity index (χ0) is 13.2. The van der Waals surface area contributed by atoms with E-state index in [0.717, 1.165) is 24.4 Å². The van der Waals surface area contributed by atoms with Crippen LogP contribution in [0.4, 0.5) is 0 Å². The fraction of sp³-hybridized carbons (Fsp3) is 0.500. The van der Waals surface area contributed by atoms with Crippen LogP contribution in [0.15, 0.2) is 18.6 Å². The van der Waals surface area contributed by atoms with Crippen molar-refractivity contribution in [3.63, 3.8) is 0 Å². The van der Waals surface area contributed by atoms with Gasteiger partial charge in [0.25, 0.3) is 0 Å². The molecule has 0 fully saturated rings. The van der Waals surface area contributed by atoms with Gasteiger partial charge in [-0.15, -0.1) is 0 Å². The highest BCUT2D eigenvalue weighted by molar-refractivity contribution is 5.52. The summed E-state index contributed by atoms with van der Waals surface area (Å²) < 4.78 is 1.78. The van der Waals surface area contributed by atoms with Crippen molar-refractivity contribution in [2.45, 2.75) is 32.2 Å². The van der Waals surface area contributed by atoms with Gasteiger partial charge in [-0.2, -0.15) is 5.10 Å². The number of hydrogen-bond donors (Lipinski definition) is 1. The molecule has 1 aliphatic rings. The quantitative estimate of drug-likeness (QED) is 0.912. The van der Waals surface area contributed by atoms with E-state index in [0.29, 0.717) is 6.04 Å². The second-order valence-electron chi connectivity index (χ2n) is 5.00. The van der Waals surface area contributed by atoms with E-state index in [1.165, 1.54) is 24.1 Å². The van der Waals surface area contributed by atoms with Crippen LogP contribution in [0.5, 0.6) is 0 Å². The lowest BCUT2D eigenvalue weighted by molar-refractivity contribution is 0.464. The molecule has 0 saturated carbocycles. The van der Waals surface area contributed by atoms with Crippen molar-refractivity contribution < 1.29 is 0 Å². The Balaban J connectivity index is 1.95. The number of nitrogens with one attached hydrogen (secondary N) is 1. The number of rotatable bonds is 3. The van der Waals surface area contributed by atoms with Gasteiger partial charge in [0.05, 0.1) is 11.8 Å². The van der Waals surface area contributed by atoms with Crippen molar-refractivity contribution in [1.82, 2.24) is 25.1 Å². The highest BCUT2D eigenvalue weighted by Crippen LogP contribution is 2.29. The predicted octanol–water partition coefficient (Wildman–Crippen LogP) is 1.86. The van der Waals surface area contributed by atoms with E-state index in [1.807, 2.05) is 25.6 Å².